The number of furan rings is 1. The Morgan fingerprint density at radius 3 is 2.73 bits per heavy atom. The first kappa shape index (κ1) is 16.4. The molecule has 1 saturated carbocycles. The van der Waals surface area contributed by atoms with Gasteiger partial charge in [0.25, 0.3) is 0 Å². The second kappa shape index (κ2) is 6.85. The molecule has 0 bridgehead atoms. The minimum atomic E-state index is -0.541. The summed E-state index contributed by atoms with van der Waals surface area (Å²) in [5.74, 6) is 0.518. The SMILES string of the molecule is CCOC(=O)C1(CNC(=O)N(C)C(C)c2ccco2)CCC1. The third-order valence-electron chi connectivity index (χ3n) is 4.45. The molecule has 6 heteroatoms. The highest BCUT2D eigenvalue weighted by atomic mass is 16.5. The lowest BCUT2D eigenvalue weighted by Crippen LogP contribution is -2.50. The molecule has 1 fully saturated rings. The Balaban J connectivity index is 1.90. The molecule has 1 N–H and O–H groups in total. The van der Waals surface area contributed by atoms with Crippen molar-refractivity contribution in [2.75, 3.05) is 20.2 Å². The van der Waals surface area contributed by atoms with Gasteiger partial charge in [-0.1, -0.05) is 6.42 Å². The van der Waals surface area contributed by atoms with Crippen LogP contribution in [-0.2, 0) is 9.53 Å². The van der Waals surface area contributed by atoms with Gasteiger partial charge >= 0.3 is 12.0 Å². The van der Waals surface area contributed by atoms with Gasteiger partial charge in [-0.3, -0.25) is 4.79 Å². The summed E-state index contributed by atoms with van der Waals surface area (Å²) in [5, 5.41) is 2.85. The van der Waals surface area contributed by atoms with Crippen LogP contribution in [0.2, 0.25) is 0 Å². The van der Waals surface area contributed by atoms with Crippen molar-refractivity contribution in [3.8, 4) is 0 Å². The van der Waals surface area contributed by atoms with Crippen LogP contribution in [0.25, 0.3) is 0 Å². The van der Waals surface area contributed by atoms with E-state index in [4.69, 9.17) is 9.15 Å². The van der Waals surface area contributed by atoms with Gasteiger partial charge in [-0.2, -0.15) is 0 Å². The number of carbonyl (C=O) groups is 2. The molecule has 22 heavy (non-hydrogen) atoms. The number of nitrogens with zero attached hydrogens (tertiary/aromatic N) is 1. The number of ether oxygens (including phenoxy) is 1. The average Bonchev–Trinajstić information content (AvgIpc) is 2.98. The third-order valence-corrected chi connectivity index (χ3v) is 4.45. The van der Waals surface area contributed by atoms with E-state index in [1.54, 1.807) is 31.2 Å². The molecule has 0 saturated heterocycles. The van der Waals surface area contributed by atoms with Crippen molar-refractivity contribution in [2.24, 2.45) is 5.41 Å². The second-order valence-corrected chi connectivity index (χ2v) is 5.82. The third kappa shape index (κ3) is 3.26. The highest BCUT2D eigenvalue weighted by Gasteiger charge is 2.45. The fourth-order valence-corrected chi connectivity index (χ4v) is 2.61. The maximum Gasteiger partial charge on any atom is 0.317 e. The van der Waals surface area contributed by atoms with Crippen LogP contribution >= 0.6 is 0 Å². The van der Waals surface area contributed by atoms with Gasteiger partial charge in [-0.25, -0.2) is 4.79 Å². The predicted octanol–water partition coefficient (Wildman–Crippen LogP) is 2.72. The molecule has 1 aromatic rings. The van der Waals surface area contributed by atoms with Crippen molar-refractivity contribution in [3.63, 3.8) is 0 Å². The Morgan fingerprint density at radius 1 is 1.50 bits per heavy atom. The Labute approximate surface area is 130 Å². The summed E-state index contributed by atoms with van der Waals surface area (Å²) in [5.41, 5.74) is -0.541. The van der Waals surface area contributed by atoms with Gasteiger partial charge in [-0.15, -0.1) is 0 Å². The maximum absolute atomic E-state index is 12.3. The van der Waals surface area contributed by atoms with E-state index in [-0.39, 0.29) is 18.0 Å². The normalized spacial score (nSPS) is 17.2. The van der Waals surface area contributed by atoms with Crippen LogP contribution in [0.5, 0.6) is 0 Å². The first-order chi connectivity index (χ1) is 10.5. The number of amides is 2. The predicted molar refractivity (Wildman–Crippen MR) is 81.2 cm³/mol. The van der Waals surface area contributed by atoms with Crippen molar-refractivity contribution >= 4 is 12.0 Å². The summed E-state index contributed by atoms with van der Waals surface area (Å²) in [7, 11) is 1.71. The van der Waals surface area contributed by atoms with E-state index in [9.17, 15) is 9.59 Å². The lowest BCUT2D eigenvalue weighted by Gasteiger charge is -2.39. The molecule has 2 rings (SSSR count). The number of urea groups is 1. The van der Waals surface area contributed by atoms with Gasteiger partial charge in [0.2, 0.25) is 0 Å². The maximum atomic E-state index is 12.3. The standard InChI is InChI=1S/C16H24N2O4/c1-4-21-14(19)16(8-6-9-16)11-17-15(20)18(3)12(2)13-7-5-10-22-13/h5,7,10,12H,4,6,8-9,11H2,1-3H3,(H,17,20). The van der Waals surface area contributed by atoms with E-state index in [0.29, 0.717) is 13.2 Å². The molecule has 6 nitrogen and oxygen atoms in total. The van der Waals surface area contributed by atoms with Gasteiger partial charge in [0.15, 0.2) is 0 Å². The molecule has 1 aromatic heterocycles. The van der Waals surface area contributed by atoms with Gasteiger partial charge in [0.1, 0.15) is 5.76 Å². The minimum Gasteiger partial charge on any atom is -0.467 e. The van der Waals surface area contributed by atoms with Crippen molar-refractivity contribution in [3.05, 3.63) is 24.2 Å². The van der Waals surface area contributed by atoms with Crippen molar-refractivity contribution < 1.29 is 18.7 Å². The summed E-state index contributed by atoms with van der Waals surface area (Å²) in [4.78, 5) is 25.9. The summed E-state index contributed by atoms with van der Waals surface area (Å²) >= 11 is 0. The van der Waals surface area contributed by atoms with Crippen LogP contribution in [0.4, 0.5) is 4.79 Å². The summed E-state index contributed by atoms with van der Waals surface area (Å²) in [6.45, 7) is 4.37. The molecule has 1 atom stereocenters. The molecule has 1 unspecified atom stereocenters. The van der Waals surface area contributed by atoms with Crippen molar-refractivity contribution in [1.82, 2.24) is 10.2 Å². The van der Waals surface area contributed by atoms with Crippen LogP contribution in [0, 0.1) is 5.41 Å². The fourth-order valence-electron chi connectivity index (χ4n) is 2.61. The summed E-state index contributed by atoms with van der Waals surface area (Å²) in [6, 6.07) is 3.23. The molecule has 1 heterocycles. The zero-order chi connectivity index (χ0) is 16.2. The molecule has 1 aliphatic rings. The molecule has 0 aliphatic heterocycles. The van der Waals surface area contributed by atoms with E-state index < -0.39 is 5.41 Å². The smallest absolute Gasteiger partial charge is 0.317 e. The van der Waals surface area contributed by atoms with Crippen LogP contribution in [0.1, 0.15) is 44.9 Å². The molecule has 1 aliphatic carbocycles. The molecule has 0 radical (unpaired) electrons. The molecular formula is C16H24N2O4. The van der Waals surface area contributed by atoms with Crippen LogP contribution in [0.3, 0.4) is 0 Å². The van der Waals surface area contributed by atoms with E-state index in [0.717, 1.165) is 25.0 Å². The number of esters is 1. The zero-order valence-corrected chi connectivity index (χ0v) is 13.4. The number of hydrogen-bond acceptors (Lipinski definition) is 4. The lowest BCUT2D eigenvalue weighted by atomic mass is 9.68. The van der Waals surface area contributed by atoms with E-state index in [1.807, 2.05) is 13.0 Å². The van der Waals surface area contributed by atoms with Gasteiger partial charge in [-0.05, 0) is 38.8 Å². The highest BCUT2D eigenvalue weighted by Crippen LogP contribution is 2.41. The summed E-state index contributed by atoms with van der Waals surface area (Å²) < 4.78 is 10.4. The number of rotatable bonds is 6. The van der Waals surface area contributed by atoms with E-state index >= 15 is 0 Å². The largest absolute Gasteiger partial charge is 0.467 e. The number of hydrogen-bond donors (Lipinski definition) is 1. The van der Waals surface area contributed by atoms with Gasteiger partial charge < -0.3 is 19.4 Å². The van der Waals surface area contributed by atoms with Crippen molar-refractivity contribution in [2.45, 2.75) is 39.2 Å². The zero-order valence-electron chi connectivity index (χ0n) is 13.4. The molecule has 2 amide bonds. The monoisotopic (exact) mass is 308 g/mol. The summed E-state index contributed by atoms with van der Waals surface area (Å²) in [6.07, 6.45) is 4.11. The van der Waals surface area contributed by atoms with Crippen LogP contribution in [0.15, 0.2) is 22.8 Å². The molecule has 122 valence electrons. The molecule has 0 spiro atoms. The van der Waals surface area contributed by atoms with Crippen molar-refractivity contribution in [1.29, 1.82) is 0 Å². The van der Waals surface area contributed by atoms with Gasteiger partial charge in [0, 0.05) is 13.6 Å². The molecular weight excluding hydrogens is 284 g/mol. The Hall–Kier alpha value is -1.98. The number of nitrogens with one attached hydrogen (secondary N) is 1. The topological polar surface area (TPSA) is 71.8 Å². The van der Waals surface area contributed by atoms with Crippen LogP contribution < -0.4 is 5.32 Å². The quantitative estimate of drug-likeness (QED) is 0.820. The fraction of sp³-hybridized carbons (Fsp3) is 0.625. The minimum absolute atomic E-state index is 0.171. The Bertz CT molecular complexity index is 508. The number of carbonyl (C=O) groups excluding carboxylic acids is 2. The average molecular weight is 308 g/mol. The lowest BCUT2D eigenvalue weighted by molar-refractivity contribution is -0.160. The van der Waals surface area contributed by atoms with E-state index in [1.165, 1.54) is 0 Å². The first-order valence-electron chi connectivity index (χ1n) is 7.71. The molecule has 0 aromatic carbocycles. The van der Waals surface area contributed by atoms with Gasteiger partial charge in [0.05, 0.1) is 24.3 Å². The van der Waals surface area contributed by atoms with Crippen LogP contribution in [-0.4, -0.2) is 37.1 Å². The Kier molecular flexibility index (Phi) is 5.11. The first-order valence-corrected chi connectivity index (χ1v) is 7.71. The Morgan fingerprint density at radius 2 is 2.23 bits per heavy atom. The van der Waals surface area contributed by atoms with E-state index in [2.05, 4.69) is 5.32 Å². The highest BCUT2D eigenvalue weighted by molar-refractivity contribution is 5.80. The second-order valence-electron chi connectivity index (χ2n) is 5.82.